The maximum atomic E-state index is 9.50. The van der Waals surface area contributed by atoms with Gasteiger partial charge in [-0.3, -0.25) is 4.98 Å². The molecular formula is C15H20N2. The normalized spacial score (nSPS) is 21.7. The molecule has 0 aromatic carbocycles. The Hall–Kier alpha value is -1.36. The second kappa shape index (κ2) is 4.49. The highest BCUT2D eigenvalue weighted by atomic mass is 14.7. The van der Waals surface area contributed by atoms with Crippen LogP contribution in [0.5, 0.6) is 0 Å². The number of nitriles is 1. The molecule has 0 aliphatic heterocycles. The molecule has 0 atom stereocenters. The van der Waals surface area contributed by atoms with E-state index in [2.05, 4.69) is 24.9 Å². The largest absolute Gasteiger partial charge is 0.261 e. The summed E-state index contributed by atoms with van der Waals surface area (Å²) in [6, 6.07) is 8.51. The van der Waals surface area contributed by atoms with E-state index in [9.17, 15) is 5.26 Å². The monoisotopic (exact) mass is 228 g/mol. The number of pyridine rings is 1. The van der Waals surface area contributed by atoms with Crippen molar-refractivity contribution in [2.75, 3.05) is 0 Å². The molecule has 1 fully saturated rings. The van der Waals surface area contributed by atoms with Crippen molar-refractivity contribution in [3.63, 3.8) is 0 Å². The summed E-state index contributed by atoms with van der Waals surface area (Å²) in [4.78, 5) is 4.35. The van der Waals surface area contributed by atoms with Gasteiger partial charge in [0.25, 0.3) is 0 Å². The molecule has 17 heavy (non-hydrogen) atoms. The standard InChI is InChI=1S/C15H20N2/c1-14(2)6-8-15(12-16,9-7-14)11-13-5-3-4-10-17-13/h3-5,10H,6-9,11H2,1-2H3. The van der Waals surface area contributed by atoms with Crippen molar-refractivity contribution in [2.45, 2.75) is 46.0 Å². The number of nitrogens with zero attached hydrogens (tertiary/aromatic N) is 2. The van der Waals surface area contributed by atoms with Gasteiger partial charge in [-0.1, -0.05) is 19.9 Å². The van der Waals surface area contributed by atoms with Gasteiger partial charge in [0.1, 0.15) is 0 Å². The number of hydrogen-bond acceptors (Lipinski definition) is 2. The summed E-state index contributed by atoms with van der Waals surface area (Å²) in [5, 5.41) is 9.50. The molecule has 0 N–H and O–H groups in total. The zero-order valence-corrected chi connectivity index (χ0v) is 10.7. The first kappa shape index (κ1) is 12.1. The predicted octanol–water partition coefficient (Wildman–Crippen LogP) is 3.73. The van der Waals surface area contributed by atoms with Crippen molar-refractivity contribution in [2.24, 2.45) is 10.8 Å². The van der Waals surface area contributed by atoms with Crippen LogP contribution < -0.4 is 0 Å². The van der Waals surface area contributed by atoms with Crippen LogP contribution >= 0.6 is 0 Å². The van der Waals surface area contributed by atoms with Crippen LogP contribution in [0.2, 0.25) is 0 Å². The van der Waals surface area contributed by atoms with Gasteiger partial charge in [-0.2, -0.15) is 5.26 Å². The lowest BCUT2D eigenvalue weighted by atomic mass is 9.64. The van der Waals surface area contributed by atoms with Crippen molar-refractivity contribution in [3.05, 3.63) is 30.1 Å². The van der Waals surface area contributed by atoms with E-state index in [1.807, 2.05) is 24.4 Å². The van der Waals surface area contributed by atoms with Crippen LogP contribution in [0.25, 0.3) is 0 Å². The van der Waals surface area contributed by atoms with E-state index in [-0.39, 0.29) is 5.41 Å². The van der Waals surface area contributed by atoms with Crippen LogP contribution in [0.1, 0.15) is 45.2 Å². The minimum absolute atomic E-state index is 0.177. The van der Waals surface area contributed by atoms with Crippen molar-refractivity contribution < 1.29 is 0 Å². The molecule has 1 aliphatic rings. The quantitative estimate of drug-likeness (QED) is 0.773. The highest BCUT2D eigenvalue weighted by Gasteiger charge is 2.38. The van der Waals surface area contributed by atoms with Gasteiger partial charge < -0.3 is 0 Å². The summed E-state index contributed by atoms with van der Waals surface area (Å²) in [6.45, 7) is 4.60. The van der Waals surface area contributed by atoms with Gasteiger partial charge in [0.05, 0.1) is 11.5 Å². The molecule has 0 saturated heterocycles. The second-order valence-corrected chi connectivity index (χ2v) is 6.05. The lowest BCUT2D eigenvalue weighted by molar-refractivity contribution is 0.145. The maximum absolute atomic E-state index is 9.50. The van der Waals surface area contributed by atoms with E-state index in [1.165, 1.54) is 0 Å². The molecule has 2 heteroatoms. The summed E-state index contributed by atoms with van der Waals surface area (Å²) in [5.41, 5.74) is 1.28. The van der Waals surface area contributed by atoms with E-state index in [1.54, 1.807) is 0 Å². The zero-order chi connectivity index (χ0) is 12.4. The van der Waals surface area contributed by atoms with Crippen LogP contribution in [0, 0.1) is 22.2 Å². The topological polar surface area (TPSA) is 36.7 Å². The maximum Gasteiger partial charge on any atom is 0.0693 e. The summed E-state index contributed by atoms with van der Waals surface area (Å²) >= 11 is 0. The molecule has 1 aliphatic carbocycles. The number of aromatic nitrogens is 1. The second-order valence-electron chi connectivity index (χ2n) is 6.05. The van der Waals surface area contributed by atoms with Crippen LogP contribution in [-0.4, -0.2) is 4.98 Å². The Kier molecular flexibility index (Phi) is 3.19. The van der Waals surface area contributed by atoms with Crippen LogP contribution in [0.3, 0.4) is 0 Å². The Morgan fingerprint density at radius 1 is 1.24 bits per heavy atom. The Bertz CT molecular complexity index is 404. The molecule has 0 spiro atoms. The third-order valence-corrected chi connectivity index (χ3v) is 4.04. The molecule has 0 unspecified atom stereocenters. The van der Waals surface area contributed by atoms with Crippen LogP contribution in [0.15, 0.2) is 24.4 Å². The van der Waals surface area contributed by atoms with E-state index < -0.39 is 0 Å². The summed E-state index contributed by atoms with van der Waals surface area (Å²) in [6.07, 6.45) is 6.93. The fourth-order valence-electron chi connectivity index (χ4n) is 2.58. The van der Waals surface area contributed by atoms with E-state index in [0.717, 1.165) is 37.8 Å². The van der Waals surface area contributed by atoms with Crippen molar-refractivity contribution in [1.29, 1.82) is 5.26 Å². The molecule has 0 amide bonds. The van der Waals surface area contributed by atoms with Crippen LogP contribution in [0.4, 0.5) is 0 Å². The SMILES string of the molecule is CC1(C)CCC(C#N)(Cc2ccccn2)CC1. The molecule has 1 aromatic rings. The minimum atomic E-state index is -0.177. The van der Waals surface area contributed by atoms with Gasteiger partial charge in [-0.05, 0) is 43.2 Å². The number of hydrogen-bond donors (Lipinski definition) is 0. The smallest absolute Gasteiger partial charge is 0.0693 e. The van der Waals surface area contributed by atoms with Gasteiger partial charge in [0, 0.05) is 18.3 Å². The molecule has 2 rings (SSSR count). The fourth-order valence-corrected chi connectivity index (χ4v) is 2.58. The lowest BCUT2D eigenvalue weighted by Crippen LogP contribution is -2.32. The average Bonchev–Trinajstić information content (AvgIpc) is 2.34. The molecule has 0 bridgehead atoms. The summed E-state index contributed by atoms with van der Waals surface area (Å²) in [7, 11) is 0. The molecular weight excluding hydrogens is 208 g/mol. The van der Waals surface area contributed by atoms with Gasteiger partial charge in [0.15, 0.2) is 0 Å². The first-order valence-corrected chi connectivity index (χ1v) is 6.37. The molecule has 1 saturated carbocycles. The minimum Gasteiger partial charge on any atom is -0.261 e. The Labute approximate surface area is 104 Å². The molecule has 1 heterocycles. The molecule has 0 radical (unpaired) electrons. The average molecular weight is 228 g/mol. The predicted molar refractivity (Wildman–Crippen MR) is 68.2 cm³/mol. The summed E-state index contributed by atoms with van der Waals surface area (Å²) < 4.78 is 0. The highest BCUT2D eigenvalue weighted by molar-refractivity contribution is 5.13. The number of rotatable bonds is 2. The fraction of sp³-hybridized carbons (Fsp3) is 0.600. The first-order chi connectivity index (χ1) is 8.05. The van der Waals surface area contributed by atoms with Gasteiger partial charge >= 0.3 is 0 Å². The van der Waals surface area contributed by atoms with Gasteiger partial charge in [-0.25, -0.2) is 0 Å². The highest BCUT2D eigenvalue weighted by Crippen LogP contribution is 2.46. The Morgan fingerprint density at radius 3 is 2.47 bits per heavy atom. The molecule has 2 nitrogen and oxygen atoms in total. The van der Waals surface area contributed by atoms with Gasteiger partial charge in [0.2, 0.25) is 0 Å². The van der Waals surface area contributed by atoms with Crippen LogP contribution in [-0.2, 0) is 6.42 Å². The van der Waals surface area contributed by atoms with E-state index >= 15 is 0 Å². The lowest BCUT2D eigenvalue weighted by Gasteiger charge is -2.39. The third-order valence-electron chi connectivity index (χ3n) is 4.04. The van der Waals surface area contributed by atoms with Gasteiger partial charge in [-0.15, -0.1) is 0 Å². The summed E-state index contributed by atoms with van der Waals surface area (Å²) in [5.74, 6) is 0. The van der Waals surface area contributed by atoms with Crippen molar-refractivity contribution in [1.82, 2.24) is 4.98 Å². The van der Waals surface area contributed by atoms with Crippen molar-refractivity contribution >= 4 is 0 Å². The zero-order valence-electron chi connectivity index (χ0n) is 10.7. The van der Waals surface area contributed by atoms with E-state index in [4.69, 9.17) is 0 Å². The third kappa shape index (κ3) is 2.85. The molecule has 1 aromatic heterocycles. The molecule has 90 valence electrons. The first-order valence-electron chi connectivity index (χ1n) is 6.37. The van der Waals surface area contributed by atoms with Crippen molar-refractivity contribution in [3.8, 4) is 6.07 Å². The Balaban J connectivity index is 2.10. The Morgan fingerprint density at radius 2 is 1.94 bits per heavy atom. The van der Waals surface area contributed by atoms with E-state index in [0.29, 0.717) is 5.41 Å².